The Morgan fingerprint density at radius 2 is 2.33 bits per heavy atom. The number of ether oxygens (including phenoxy) is 2. The maximum atomic E-state index is 5.91. The molecule has 0 saturated carbocycles. The summed E-state index contributed by atoms with van der Waals surface area (Å²) >= 11 is 5.91. The van der Waals surface area contributed by atoms with Gasteiger partial charge in [-0.25, -0.2) is 0 Å². The Labute approximate surface area is 128 Å². The molecule has 112 valence electrons. The fourth-order valence-electron chi connectivity index (χ4n) is 2.26. The highest BCUT2D eigenvalue weighted by Gasteiger charge is 2.18. The van der Waals surface area contributed by atoms with Gasteiger partial charge in [0.1, 0.15) is 11.9 Å². The van der Waals surface area contributed by atoms with Gasteiger partial charge in [0.25, 0.3) is 0 Å². The number of morpholine rings is 1. The van der Waals surface area contributed by atoms with Crippen molar-refractivity contribution >= 4 is 11.6 Å². The van der Waals surface area contributed by atoms with Crippen LogP contribution in [0.2, 0.25) is 5.02 Å². The number of rotatable bonds is 5. The van der Waals surface area contributed by atoms with Gasteiger partial charge in [-0.05, 0) is 24.3 Å². The van der Waals surface area contributed by atoms with Crippen LogP contribution in [0.3, 0.4) is 0 Å². The number of H-pyrrole nitrogens is 1. The average molecular weight is 308 g/mol. The highest BCUT2D eigenvalue weighted by Crippen LogP contribution is 2.19. The lowest BCUT2D eigenvalue weighted by Gasteiger charge is -2.21. The van der Waals surface area contributed by atoms with Gasteiger partial charge in [-0.1, -0.05) is 17.7 Å². The summed E-state index contributed by atoms with van der Waals surface area (Å²) in [5, 5.41) is 11.3. The van der Waals surface area contributed by atoms with Gasteiger partial charge in [-0.3, -0.25) is 5.10 Å². The maximum absolute atomic E-state index is 5.91. The van der Waals surface area contributed by atoms with Crippen molar-refractivity contribution in [2.24, 2.45) is 0 Å². The van der Waals surface area contributed by atoms with E-state index in [0.717, 1.165) is 43.3 Å². The molecular formula is C15H18ClN3O2. The second-order valence-corrected chi connectivity index (χ2v) is 5.37. The zero-order valence-corrected chi connectivity index (χ0v) is 12.4. The summed E-state index contributed by atoms with van der Waals surface area (Å²) in [7, 11) is 0. The van der Waals surface area contributed by atoms with E-state index in [0.29, 0.717) is 11.6 Å². The van der Waals surface area contributed by atoms with Crippen LogP contribution in [0, 0.1) is 0 Å². The molecule has 1 aromatic heterocycles. The number of halogens is 1. The van der Waals surface area contributed by atoms with E-state index < -0.39 is 0 Å². The largest absolute Gasteiger partial charge is 0.493 e. The van der Waals surface area contributed by atoms with Crippen LogP contribution in [0.15, 0.2) is 30.3 Å². The standard InChI is InChI=1S/C15H18ClN3O2/c16-11-2-1-3-13(8-11)20-6-4-12-9-14(19-18-12)15-10-17-5-7-21-15/h1-3,8-9,15,17H,4-7,10H2,(H,18,19)/t15-/m0/s1. The van der Waals surface area contributed by atoms with Gasteiger partial charge in [0.05, 0.1) is 18.9 Å². The zero-order valence-electron chi connectivity index (χ0n) is 11.6. The van der Waals surface area contributed by atoms with Gasteiger partial charge < -0.3 is 14.8 Å². The molecule has 1 aliphatic heterocycles. The number of aromatic amines is 1. The molecule has 1 fully saturated rings. The second-order valence-electron chi connectivity index (χ2n) is 4.94. The van der Waals surface area contributed by atoms with Crippen LogP contribution in [-0.4, -0.2) is 36.5 Å². The number of hydrogen-bond acceptors (Lipinski definition) is 4. The van der Waals surface area contributed by atoms with Crippen molar-refractivity contribution in [3.05, 3.63) is 46.7 Å². The molecule has 1 atom stereocenters. The van der Waals surface area contributed by atoms with Crippen LogP contribution in [0.1, 0.15) is 17.5 Å². The molecule has 0 radical (unpaired) electrons. The molecule has 0 aliphatic carbocycles. The first kappa shape index (κ1) is 14.4. The van der Waals surface area contributed by atoms with E-state index in [1.54, 1.807) is 0 Å². The minimum Gasteiger partial charge on any atom is -0.493 e. The van der Waals surface area contributed by atoms with Crippen molar-refractivity contribution < 1.29 is 9.47 Å². The molecule has 2 N–H and O–H groups in total. The molecule has 0 bridgehead atoms. The first-order valence-corrected chi connectivity index (χ1v) is 7.44. The van der Waals surface area contributed by atoms with E-state index in [4.69, 9.17) is 21.1 Å². The SMILES string of the molecule is Clc1cccc(OCCc2cc([C@@H]3CNCCO3)n[nH]2)c1. The first-order valence-electron chi connectivity index (χ1n) is 7.06. The molecule has 3 rings (SSSR count). The fourth-order valence-corrected chi connectivity index (χ4v) is 2.44. The summed E-state index contributed by atoms with van der Waals surface area (Å²) in [4.78, 5) is 0. The summed E-state index contributed by atoms with van der Waals surface area (Å²) in [6, 6.07) is 9.44. The Balaban J connectivity index is 1.50. The monoisotopic (exact) mass is 307 g/mol. The summed E-state index contributed by atoms with van der Waals surface area (Å²) < 4.78 is 11.3. The third-order valence-electron chi connectivity index (χ3n) is 3.34. The number of nitrogens with zero attached hydrogens (tertiary/aromatic N) is 1. The van der Waals surface area contributed by atoms with Crippen LogP contribution in [0.25, 0.3) is 0 Å². The Hall–Kier alpha value is -1.56. The fraction of sp³-hybridized carbons (Fsp3) is 0.400. The van der Waals surface area contributed by atoms with E-state index >= 15 is 0 Å². The van der Waals surface area contributed by atoms with Crippen molar-refractivity contribution in [3.8, 4) is 5.75 Å². The third kappa shape index (κ3) is 3.97. The predicted molar refractivity (Wildman–Crippen MR) is 80.8 cm³/mol. The van der Waals surface area contributed by atoms with Crippen LogP contribution >= 0.6 is 11.6 Å². The lowest BCUT2D eigenvalue weighted by atomic mass is 10.2. The van der Waals surface area contributed by atoms with Crippen LogP contribution in [0.4, 0.5) is 0 Å². The smallest absolute Gasteiger partial charge is 0.120 e. The molecule has 6 heteroatoms. The molecule has 0 amide bonds. The molecule has 2 aromatic rings. The van der Waals surface area contributed by atoms with Gasteiger partial charge in [-0.15, -0.1) is 0 Å². The molecule has 1 aliphatic rings. The predicted octanol–water partition coefficient (Wildman–Crippen LogP) is 2.35. The number of hydrogen-bond donors (Lipinski definition) is 2. The second kappa shape index (κ2) is 6.93. The summed E-state index contributed by atoms with van der Waals surface area (Å²) in [5.74, 6) is 0.780. The Morgan fingerprint density at radius 3 is 3.14 bits per heavy atom. The summed E-state index contributed by atoms with van der Waals surface area (Å²) in [5.41, 5.74) is 1.99. The normalized spacial score (nSPS) is 18.6. The molecule has 0 spiro atoms. The maximum Gasteiger partial charge on any atom is 0.120 e. The minimum absolute atomic E-state index is 0.0394. The van der Waals surface area contributed by atoms with Crippen LogP contribution in [-0.2, 0) is 11.2 Å². The van der Waals surface area contributed by atoms with Gasteiger partial charge in [0.2, 0.25) is 0 Å². The summed E-state index contributed by atoms with van der Waals surface area (Å²) in [6.45, 7) is 3.01. The average Bonchev–Trinajstić information content (AvgIpc) is 2.97. The van der Waals surface area contributed by atoms with E-state index in [9.17, 15) is 0 Å². The minimum atomic E-state index is 0.0394. The van der Waals surface area contributed by atoms with Crippen molar-refractivity contribution in [2.45, 2.75) is 12.5 Å². The molecule has 1 aromatic carbocycles. The van der Waals surface area contributed by atoms with E-state index in [2.05, 4.69) is 15.5 Å². The van der Waals surface area contributed by atoms with Gasteiger partial charge in [-0.2, -0.15) is 5.10 Å². The molecule has 0 unspecified atom stereocenters. The highest BCUT2D eigenvalue weighted by molar-refractivity contribution is 6.30. The number of aromatic nitrogens is 2. The lowest BCUT2D eigenvalue weighted by Crippen LogP contribution is -2.33. The summed E-state index contributed by atoms with van der Waals surface area (Å²) in [6.07, 6.45) is 0.803. The first-order chi connectivity index (χ1) is 10.3. The van der Waals surface area contributed by atoms with Crippen molar-refractivity contribution in [1.29, 1.82) is 0 Å². The molecule has 5 nitrogen and oxygen atoms in total. The molecule has 1 saturated heterocycles. The molecule has 21 heavy (non-hydrogen) atoms. The van der Waals surface area contributed by atoms with E-state index in [1.165, 1.54) is 0 Å². The quantitative estimate of drug-likeness (QED) is 0.890. The zero-order chi connectivity index (χ0) is 14.5. The Kier molecular flexibility index (Phi) is 4.75. The Morgan fingerprint density at radius 1 is 1.38 bits per heavy atom. The third-order valence-corrected chi connectivity index (χ3v) is 3.58. The highest BCUT2D eigenvalue weighted by atomic mass is 35.5. The lowest BCUT2D eigenvalue weighted by molar-refractivity contribution is 0.0250. The van der Waals surface area contributed by atoms with E-state index in [1.807, 2.05) is 30.3 Å². The molecular weight excluding hydrogens is 290 g/mol. The van der Waals surface area contributed by atoms with Crippen molar-refractivity contribution in [3.63, 3.8) is 0 Å². The topological polar surface area (TPSA) is 59.2 Å². The van der Waals surface area contributed by atoms with E-state index in [-0.39, 0.29) is 6.10 Å². The number of nitrogens with one attached hydrogen (secondary N) is 2. The van der Waals surface area contributed by atoms with Gasteiger partial charge in [0, 0.05) is 30.2 Å². The van der Waals surface area contributed by atoms with Crippen molar-refractivity contribution in [2.75, 3.05) is 26.3 Å². The van der Waals surface area contributed by atoms with Crippen molar-refractivity contribution in [1.82, 2.24) is 15.5 Å². The van der Waals surface area contributed by atoms with Crippen LogP contribution < -0.4 is 10.1 Å². The van der Waals surface area contributed by atoms with Gasteiger partial charge >= 0.3 is 0 Å². The molecule has 2 heterocycles. The van der Waals surface area contributed by atoms with Gasteiger partial charge in [0.15, 0.2) is 0 Å². The number of benzene rings is 1. The Bertz CT molecular complexity index is 582. The van der Waals surface area contributed by atoms with Crippen LogP contribution in [0.5, 0.6) is 5.75 Å².